The smallest absolute Gasteiger partial charge is 0.339 e. The van der Waals surface area contributed by atoms with Crippen LogP contribution in [0.3, 0.4) is 0 Å². The zero-order valence-corrected chi connectivity index (χ0v) is 8.49. The highest BCUT2D eigenvalue weighted by Crippen LogP contribution is 2.20. The van der Waals surface area contributed by atoms with Crippen LogP contribution in [0.4, 0.5) is 0 Å². The summed E-state index contributed by atoms with van der Waals surface area (Å²) < 4.78 is 0. The summed E-state index contributed by atoms with van der Waals surface area (Å²) in [5.41, 5.74) is 1.55. The van der Waals surface area contributed by atoms with E-state index in [9.17, 15) is 4.79 Å². The second kappa shape index (κ2) is 4.61. The van der Waals surface area contributed by atoms with E-state index in [1.54, 1.807) is 0 Å². The van der Waals surface area contributed by atoms with Crippen molar-refractivity contribution < 1.29 is 9.90 Å². The number of nitrogens with one attached hydrogen (secondary N) is 1. The molecule has 0 aliphatic heterocycles. The molecule has 0 bridgehead atoms. The largest absolute Gasteiger partial charge is 0.478 e. The fourth-order valence-corrected chi connectivity index (χ4v) is 1.27. The number of halogens is 1. The highest BCUT2D eigenvalue weighted by atomic mass is 35.5. The van der Waals surface area contributed by atoms with Crippen molar-refractivity contribution in [3.8, 4) is 11.3 Å². The van der Waals surface area contributed by atoms with Gasteiger partial charge in [0.2, 0.25) is 0 Å². The summed E-state index contributed by atoms with van der Waals surface area (Å²) >= 11 is 0. The summed E-state index contributed by atoms with van der Waals surface area (Å²) in [7, 11) is 0. The standard InChI is InChI=1S/C10H8N2O2.ClH/c13-10(14)8-6-11-12-9(8)7-4-2-1-3-5-7;/h1-6H,(H,11,12)(H,13,14);1H. The van der Waals surface area contributed by atoms with Crippen molar-refractivity contribution in [3.05, 3.63) is 42.1 Å². The molecule has 0 saturated heterocycles. The number of carboxylic acid groups (broad SMARTS) is 1. The summed E-state index contributed by atoms with van der Waals surface area (Å²) in [5, 5.41) is 15.2. The number of aromatic carboxylic acids is 1. The van der Waals surface area contributed by atoms with E-state index in [0.29, 0.717) is 5.69 Å². The Balaban J connectivity index is 0.00000112. The number of carbonyl (C=O) groups is 1. The van der Waals surface area contributed by atoms with E-state index < -0.39 is 5.97 Å². The maximum atomic E-state index is 10.8. The van der Waals surface area contributed by atoms with Gasteiger partial charge in [0.15, 0.2) is 0 Å². The molecule has 1 heterocycles. The fourth-order valence-electron chi connectivity index (χ4n) is 1.27. The number of H-pyrrole nitrogens is 1. The first-order chi connectivity index (χ1) is 6.79. The van der Waals surface area contributed by atoms with Gasteiger partial charge in [-0.05, 0) is 0 Å². The van der Waals surface area contributed by atoms with Crippen LogP contribution in [0.25, 0.3) is 11.3 Å². The Labute approximate surface area is 92.4 Å². The first kappa shape index (κ1) is 11.3. The van der Waals surface area contributed by atoms with E-state index in [2.05, 4.69) is 10.2 Å². The predicted octanol–water partition coefficient (Wildman–Crippen LogP) is 2.20. The van der Waals surface area contributed by atoms with Crippen LogP contribution in [0.2, 0.25) is 0 Å². The summed E-state index contributed by atoms with van der Waals surface area (Å²) in [5.74, 6) is -0.974. The lowest BCUT2D eigenvalue weighted by atomic mass is 10.1. The minimum atomic E-state index is -0.974. The molecule has 0 unspecified atom stereocenters. The molecular formula is C10H9ClN2O2. The fraction of sp³-hybridized carbons (Fsp3) is 0. The number of nitrogens with zero attached hydrogens (tertiary/aromatic N) is 1. The number of hydrogen-bond donors (Lipinski definition) is 2. The lowest BCUT2D eigenvalue weighted by Gasteiger charge is -1.98. The van der Waals surface area contributed by atoms with Gasteiger partial charge in [0.1, 0.15) is 5.56 Å². The van der Waals surface area contributed by atoms with Crippen LogP contribution in [0.1, 0.15) is 10.4 Å². The van der Waals surface area contributed by atoms with Gasteiger partial charge in [-0.3, -0.25) is 5.10 Å². The second-order valence-corrected chi connectivity index (χ2v) is 2.83. The topological polar surface area (TPSA) is 66.0 Å². The van der Waals surface area contributed by atoms with Crippen molar-refractivity contribution in [1.29, 1.82) is 0 Å². The van der Waals surface area contributed by atoms with E-state index in [-0.39, 0.29) is 18.0 Å². The number of aromatic amines is 1. The average Bonchev–Trinajstić information content (AvgIpc) is 2.67. The minimum Gasteiger partial charge on any atom is -0.478 e. The van der Waals surface area contributed by atoms with E-state index in [4.69, 9.17) is 5.11 Å². The Bertz CT molecular complexity index is 453. The molecule has 0 saturated carbocycles. The molecule has 0 amide bonds. The van der Waals surface area contributed by atoms with Gasteiger partial charge < -0.3 is 5.11 Å². The molecule has 2 rings (SSSR count). The van der Waals surface area contributed by atoms with Crippen LogP contribution in [-0.2, 0) is 0 Å². The van der Waals surface area contributed by atoms with Crippen molar-refractivity contribution in [2.75, 3.05) is 0 Å². The molecule has 0 fully saturated rings. The Hall–Kier alpha value is -1.81. The van der Waals surface area contributed by atoms with Gasteiger partial charge in [-0.2, -0.15) is 5.10 Å². The van der Waals surface area contributed by atoms with Crippen molar-refractivity contribution in [3.63, 3.8) is 0 Å². The van der Waals surface area contributed by atoms with Gasteiger partial charge in [0, 0.05) is 5.56 Å². The van der Waals surface area contributed by atoms with Crippen molar-refractivity contribution in [1.82, 2.24) is 10.2 Å². The molecule has 1 aromatic heterocycles. The molecule has 0 aliphatic carbocycles. The van der Waals surface area contributed by atoms with E-state index in [1.165, 1.54) is 6.20 Å². The minimum absolute atomic E-state index is 0. The normalized spacial score (nSPS) is 9.33. The van der Waals surface area contributed by atoms with Gasteiger partial charge in [0.25, 0.3) is 0 Å². The molecule has 4 nitrogen and oxygen atoms in total. The van der Waals surface area contributed by atoms with Crippen LogP contribution in [0.15, 0.2) is 36.5 Å². The van der Waals surface area contributed by atoms with Gasteiger partial charge in [0.05, 0.1) is 11.9 Å². The Morgan fingerprint density at radius 2 is 1.93 bits per heavy atom. The Morgan fingerprint density at radius 3 is 2.53 bits per heavy atom. The van der Waals surface area contributed by atoms with Crippen LogP contribution < -0.4 is 0 Å². The van der Waals surface area contributed by atoms with Crippen LogP contribution >= 0.6 is 12.4 Å². The van der Waals surface area contributed by atoms with E-state index in [1.807, 2.05) is 30.3 Å². The summed E-state index contributed by atoms with van der Waals surface area (Å²) in [6.07, 6.45) is 1.31. The van der Waals surface area contributed by atoms with Crippen molar-refractivity contribution in [2.24, 2.45) is 0 Å². The maximum Gasteiger partial charge on any atom is 0.339 e. The number of aromatic nitrogens is 2. The Morgan fingerprint density at radius 1 is 1.27 bits per heavy atom. The van der Waals surface area contributed by atoms with Crippen molar-refractivity contribution >= 4 is 18.4 Å². The molecule has 0 atom stereocenters. The zero-order valence-electron chi connectivity index (χ0n) is 7.68. The number of carboxylic acids is 1. The lowest BCUT2D eigenvalue weighted by Crippen LogP contribution is -1.96. The molecule has 0 spiro atoms. The first-order valence-electron chi connectivity index (χ1n) is 4.11. The van der Waals surface area contributed by atoms with Crippen LogP contribution in [0, 0.1) is 0 Å². The highest BCUT2D eigenvalue weighted by Gasteiger charge is 2.12. The maximum absolute atomic E-state index is 10.8. The molecule has 2 N–H and O–H groups in total. The third-order valence-corrected chi connectivity index (χ3v) is 1.93. The van der Waals surface area contributed by atoms with Gasteiger partial charge >= 0.3 is 5.97 Å². The monoisotopic (exact) mass is 224 g/mol. The SMILES string of the molecule is Cl.O=C(O)c1cn[nH]c1-c1ccccc1. The van der Waals surface area contributed by atoms with Crippen LogP contribution in [0.5, 0.6) is 0 Å². The molecule has 0 radical (unpaired) electrons. The predicted molar refractivity (Wildman–Crippen MR) is 58.2 cm³/mol. The molecular weight excluding hydrogens is 216 g/mol. The average molecular weight is 225 g/mol. The molecule has 15 heavy (non-hydrogen) atoms. The van der Waals surface area contributed by atoms with E-state index in [0.717, 1.165) is 5.56 Å². The molecule has 0 aliphatic rings. The molecule has 2 aromatic rings. The third-order valence-electron chi connectivity index (χ3n) is 1.93. The molecule has 1 aromatic carbocycles. The number of rotatable bonds is 2. The lowest BCUT2D eigenvalue weighted by molar-refractivity contribution is 0.0698. The first-order valence-corrected chi connectivity index (χ1v) is 4.11. The van der Waals surface area contributed by atoms with Crippen molar-refractivity contribution in [2.45, 2.75) is 0 Å². The second-order valence-electron chi connectivity index (χ2n) is 2.83. The third kappa shape index (κ3) is 2.16. The van der Waals surface area contributed by atoms with Gasteiger partial charge in [-0.15, -0.1) is 12.4 Å². The van der Waals surface area contributed by atoms with Gasteiger partial charge in [-0.25, -0.2) is 4.79 Å². The molecule has 78 valence electrons. The summed E-state index contributed by atoms with van der Waals surface area (Å²) in [6, 6.07) is 9.24. The zero-order chi connectivity index (χ0) is 9.97. The summed E-state index contributed by atoms with van der Waals surface area (Å²) in [4.78, 5) is 10.8. The molecule has 5 heteroatoms. The number of hydrogen-bond acceptors (Lipinski definition) is 2. The highest BCUT2D eigenvalue weighted by molar-refractivity contribution is 5.94. The summed E-state index contributed by atoms with van der Waals surface area (Å²) in [6.45, 7) is 0. The van der Waals surface area contributed by atoms with Crippen LogP contribution in [-0.4, -0.2) is 21.3 Å². The number of benzene rings is 1. The quantitative estimate of drug-likeness (QED) is 0.822. The van der Waals surface area contributed by atoms with E-state index >= 15 is 0 Å². The van der Waals surface area contributed by atoms with Gasteiger partial charge in [-0.1, -0.05) is 30.3 Å². The Kier molecular flexibility index (Phi) is 3.46.